The van der Waals surface area contributed by atoms with Crippen LogP contribution in [0.4, 0.5) is 0 Å². The zero-order chi connectivity index (χ0) is 12.9. The normalized spacial score (nSPS) is 27.0. The molecule has 0 spiro atoms. The molecule has 2 rings (SSSR count). The van der Waals surface area contributed by atoms with Gasteiger partial charge in [-0.1, -0.05) is 83.7 Å². The van der Waals surface area contributed by atoms with E-state index in [-0.39, 0.29) is 11.2 Å². The van der Waals surface area contributed by atoms with Crippen molar-refractivity contribution in [3.8, 4) is 0 Å². The van der Waals surface area contributed by atoms with Gasteiger partial charge in [-0.15, -0.1) is 0 Å². The van der Waals surface area contributed by atoms with Crippen molar-refractivity contribution in [2.45, 2.75) is 75.4 Å². The molecular weight excluding hydrogens is 454 g/mol. The summed E-state index contributed by atoms with van der Waals surface area (Å²) >= 11 is 4.93. The minimum absolute atomic E-state index is 0.00900. The first kappa shape index (κ1) is 15.8. The van der Waals surface area contributed by atoms with Crippen molar-refractivity contribution in [3.05, 3.63) is 0 Å². The third-order valence-corrected chi connectivity index (χ3v) is 7.19. The predicted molar refractivity (Wildman–Crippen MR) is 91.6 cm³/mol. The van der Waals surface area contributed by atoms with Gasteiger partial charge in [-0.3, -0.25) is 0 Å². The van der Waals surface area contributed by atoms with E-state index < -0.39 is 0 Å². The SMILES string of the molecule is ICC1(OOC2(CI)CCCCC2)CCCCC1. The topological polar surface area (TPSA) is 18.5 Å². The van der Waals surface area contributed by atoms with Gasteiger partial charge in [0.25, 0.3) is 0 Å². The van der Waals surface area contributed by atoms with Gasteiger partial charge in [-0.25, -0.2) is 9.78 Å². The molecule has 2 fully saturated rings. The molecule has 2 saturated carbocycles. The van der Waals surface area contributed by atoms with E-state index in [9.17, 15) is 0 Å². The summed E-state index contributed by atoms with van der Waals surface area (Å²) in [6, 6.07) is 0. The molecule has 0 amide bonds. The molecule has 0 N–H and O–H groups in total. The summed E-state index contributed by atoms with van der Waals surface area (Å²) in [5.41, 5.74) is 0.0180. The highest BCUT2D eigenvalue weighted by Gasteiger charge is 2.39. The van der Waals surface area contributed by atoms with Crippen molar-refractivity contribution >= 4 is 45.2 Å². The Kier molecular flexibility index (Phi) is 6.49. The van der Waals surface area contributed by atoms with Crippen LogP contribution in [0.5, 0.6) is 0 Å². The number of hydrogen-bond donors (Lipinski definition) is 0. The number of halogens is 2. The molecule has 0 aromatic rings. The zero-order valence-corrected chi connectivity index (χ0v) is 15.4. The Bertz CT molecular complexity index is 220. The average Bonchev–Trinajstić information content (AvgIpc) is 2.47. The van der Waals surface area contributed by atoms with Gasteiger partial charge >= 0.3 is 0 Å². The molecular formula is C14H24I2O2. The van der Waals surface area contributed by atoms with Crippen molar-refractivity contribution in [2.75, 3.05) is 8.86 Å². The van der Waals surface area contributed by atoms with Crippen LogP contribution in [0.3, 0.4) is 0 Å². The molecule has 0 unspecified atom stereocenters. The molecule has 0 atom stereocenters. The fraction of sp³-hybridized carbons (Fsp3) is 1.00. The van der Waals surface area contributed by atoms with Gasteiger partial charge in [0.15, 0.2) is 0 Å². The molecule has 4 heteroatoms. The number of rotatable bonds is 5. The standard InChI is InChI=1S/C14H24I2O2/c15-11-13(7-3-1-4-8-13)17-18-14(12-16)9-5-2-6-10-14/h1-12H2. The Hall–Kier alpha value is 1.38. The fourth-order valence-electron chi connectivity index (χ4n) is 3.05. The molecule has 0 aliphatic heterocycles. The van der Waals surface area contributed by atoms with Crippen LogP contribution in [0.1, 0.15) is 64.2 Å². The van der Waals surface area contributed by atoms with Gasteiger partial charge < -0.3 is 0 Å². The molecule has 106 valence electrons. The first-order chi connectivity index (χ1) is 8.74. The molecule has 18 heavy (non-hydrogen) atoms. The van der Waals surface area contributed by atoms with Crippen molar-refractivity contribution in [1.82, 2.24) is 0 Å². The smallest absolute Gasteiger partial charge is 0.112 e. The fourth-order valence-corrected chi connectivity index (χ4v) is 4.83. The number of hydrogen-bond acceptors (Lipinski definition) is 2. The molecule has 2 nitrogen and oxygen atoms in total. The Balaban J connectivity index is 1.91. The Labute approximate surface area is 138 Å². The zero-order valence-electron chi connectivity index (χ0n) is 11.1. The maximum Gasteiger partial charge on any atom is 0.112 e. The van der Waals surface area contributed by atoms with Crippen LogP contribution in [-0.2, 0) is 9.78 Å². The summed E-state index contributed by atoms with van der Waals surface area (Å²) in [6.45, 7) is 0. The number of alkyl halides is 2. The highest BCUT2D eigenvalue weighted by atomic mass is 127. The summed E-state index contributed by atoms with van der Waals surface area (Å²) in [6.07, 6.45) is 12.6. The quantitative estimate of drug-likeness (QED) is 0.234. The molecule has 0 aromatic carbocycles. The minimum atomic E-state index is 0.00900. The monoisotopic (exact) mass is 478 g/mol. The largest absolute Gasteiger partial charge is 0.229 e. The molecule has 0 bridgehead atoms. The van der Waals surface area contributed by atoms with Crippen LogP contribution in [-0.4, -0.2) is 20.1 Å². The van der Waals surface area contributed by atoms with E-state index in [1.54, 1.807) is 0 Å². The van der Waals surface area contributed by atoms with Crippen molar-refractivity contribution in [1.29, 1.82) is 0 Å². The van der Waals surface area contributed by atoms with Gasteiger partial charge in [0, 0.05) is 8.86 Å². The van der Waals surface area contributed by atoms with Crippen LogP contribution >= 0.6 is 45.2 Å². The van der Waals surface area contributed by atoms with Crippen LogP contribution in [0.15, 0.2) is 0 Å². The first-order valence-corrected chi connectivity index (χ1v) is 10.3. The third-order valence-electron chi connectivity index (χ3n) is 4.41. The molecule has 0 aromatic heterocycles. The van der Waals surface area contributed by atoms with E-state index in [1.165, 1.54) is 64.2 Å². The Morgan fingerprint density at radius 1 is 0.611 bits per heavy atom. The minimum Gasteiger partial charge on any atom is -0.229 e. The summed E-state index contributed by atoms with van der Waals surface area (Å²) in [5, 5.41) is 0. The van der Waals surface area contributed by atoms with Gasteiger partial charge in [0.05, 0.1) is 0 Å². The lowest BCUT2D eigenvalue weighted by Crippen LogP contribution is -2.44. The van der Waals surface area contributed by atoms with Gasteiger partial charge in [0.2, 0.25) is 0 Å². The first-order valence-electron chi connectivity index (χ1n) is 7.23. The molecule has 0 heterocycles. The molecule has 0 saturated heterocycles. The predicted octanol–water partition coefficient (Wildman–Crippen LogP) is 5.21. The van der Waals surface area contributed by atoms with E-state index in [0.29, 0.717) is 0 Å². The van der Waals surface area contributed by atoms with E-state index >= 15 is 0 Å². The second-order valence-corrected chi connectivity index (χ2v) is 7.45. The molecule has 0 radical (unpaired) electrons. The average molecular weight is 478 g/mol. The second kappa shape index (κ2) is 7.41. The van der Waals surface area contributed by atoms with Crippen LogP contribution < -0.4 is 0 Å². The van der Waals surface area contributed by atoms with E-state index in [1.807, 2.05) is 0 Å². The Morgan fingerprint density at radius 3 is 1.22 bits per heavy atom. The third kappa shape index (κ3) is 3.95. The van der Waals surface area contributed by atoms with E-state index in [0.717, 1.165) is 8.86 Å². The van der Waals surface area contributed by atoms with E-state index in [2.05, 4.69) is 45.2 Å². The van der Waals surface area contributed by atoms with Crippen molar-refractivity contribution in [3.63, 3.8) is 0 Å². The molecule has 2 aliphatic carbocycles. The van der Waals surface area contributed by atoms with Crippen molar-refractivity contribution < 1.29 is 9.78 Å². The van der Waals surface area contributed by atoms with Crippen LogP contribution in [0, 0.1) is 0 Å². The Morgan fingerprint density at radius 2 is 0.944 bits per heavy atom. The maximum absolute atomic E-state index is 6.04. The summed E-state index contributed by atoms with van der Waals surface area (Å²) in [5.74, 6) is 0. The lowest BCUT2D eigenvalue weighted by molar-refractivity contribution is -0.412. The lowest BCUT2D eigenvalue weighted by Gasteiger charge is -2.40. The highest BCUT2D eigenvalue weighted by molar-refractivity contribution is 14.1. The van der Waals surface area contributed by atoms with E-state index in [4.69, 9.17) is 9.78 Å². The van der Waals surface area contributed by atoms with Gasteiger partial charge in [0.1, 0.15) is 11.2 Å². The lowest BCUT2D eigenvalue weighted by atomic mass is 9.86. The maximum atomic E-state index is 6.04. The van der Waals surface area contributed by atoms with Crippen LogP contribution in [0.25, 0.3) is 0 Å². The summed E-state index contributed by atoms with van der Waals surface area (Å²) in [7, 11) is 0. The van der Waals surface area contributed by atoms with Gasteiger partial charge in [-0.2, -0.15) is 0 Å². The highest BCUT2D eigenvalue weighted by Crippen LogP contribution is 2.38. The van der Waals surface area contributed by atoms with Gasteiger partial charge in [-0.05, 0) is 25.7 Å². The molecule has 2 aliphatic rings. The summed E-state index contributed by atoms with van der Waals surface area (Å²) in [4.78, 5) is 12.1. The second-order valence-electron chi connectivity index (χ2n) is 5.92. The summed E-state index contributed by atoms with van der Waals surface area (Å²) < 4.78 is 2.12. The van der Waals surface area contributed by atoms with Crippen LogP contribution in [0.2, 0.25) is 0 Å². The van der Waals surface area contributed by atoms with Crippen molar-refractivity contribution in [2.24, 2.45) is 0 Å².